The zero-order valence-corrected chi connectivity index (χ0v) is 23.4. The van der Waals surface area contributed by atoms with E-state index in [1.165, 1.54) is 38.5 Å². The lowest BCUT2D eigenvalue weighted by molar-refractivity contribution is -0.203. The molecular weight excluding hydrogens is 450 g/mol. The van der Waals surface area contributed by atoms with Crippen LogP contribution in [0.15, 0.2) is 0 Å². The van der Waals surface area contributed by atoms with Crippen LogP contribution in [-0.4, -0.2) is 41.7 Å². The first-order chi connectivity index (χ1) is 17.2. The van der Waals surface area contributed by atoms with Gasteiger partial charge in [0.1, 0.15) is 0 Å². The molecule has 1 amide bonds. The van der Waals surface area contributed by atoms with Crippen LogP contribution in [0, 0.1) is 58.2 Å². The number of amides is 1. The molecule has 5 rings (SSSR count). The number of nitrogens with one attached hydrogen (secondary N) is 1. The fourth-order valence-corrected chi connectivity index (χ4v) is 10.3. The molecule has 5 saturated carbocycles. The summed E-state index contributed by atoms with van der Waals surface area (Å²) in [7, 11) is 0. The van der Waals surface area contributed by atoms with Crippen molar-refractivity contribution in [3.05, 3.63) is 0 Å². The second-order valence-electron chi connectivity index (χ2n) is 14.2. The quantitative estimate of drug-likeness (QED) is 0.370. The van der Waals surface area contributed by atoms with Crippen molar-refractivity contribution in [3.63, 3.8) is 0 Å². The highest BCUT2D eigenvalue weighted by Crippen LogP contribution is 2.69. The minimum Gasteiger partial charge on any atom is -0.450 e. The van der Waals surface area contributed by atoms with Crippen molar-refractivity contribution in [2.45, 2.75) is 117 Å². The van der Waals surface area contributed by atoms with Crippen molar-refractivity contribution in [1.82, 2.24) is 5.32 Å². The van der Waals surface area contributed by atoms with Gasteiger partial charge in [0.05, 0.1) is 18.8 Å². The van der Waals surface area contributed by atoms with Gasteiger partial charge in [0, 0.05) is 6.54 Å². The zero-order chi connectivity index (χ0) is 25.7. The second kappa shape index (κ2) is 10.4. The van der Waals surface area contributed by atoms with Gasteiger partial charge in [0.2, 0.25) is 0 Å². The van der Waals surface area contributed by atoms with Crippen LogP contribution in [0.4, 0.5) is 4.79 Å². The Bertz CT molecular complexity index is 785. The number of hydrogen-bond donors (Lipinski definition) is 3. The third-order valence-corrected chi connectivity index (χ3v) is 12.5. The molecule has 0 aromatic rings. The minimum absolute atomic E-state index is 0.186. The molecule has 36 heavy (non-hydrogen) atoms. The van der Waals surface area contributed by atoms with Crippen molar-refractivity contribution < 1.29 is 19.7 Å². The van der Waals surface area contributed by atoms with E-state index in [1.807, 2.05) is 0 Å². The predicted molar refractivity (Wildman–Crippen MR) is 142 cm³/mol. The summed E-state index contributed by atoms with van der Waals surface area (Å²) in [6, 6.07) is 0. The van der Waals surface area contributed by atoms with Crippen LogP contribution in [0.2, 0.25) is 0 Å². The Hall–Kier alpha value is -0.810. The van der Waals surface area contributed by atoms with Gasteiger partial charge in [-0.1, -0.05) is 47.0 Å². The van der Waals surface area contributed by atoms with Crippen LogP contribution in [0.1, 0.15) is 105 Å². The first-order valence-electron chi connectivity index (χ1n) is 15.5. The number of aliphatic hydroxyl groups is 2. The summed E-state index contributed by atoms with van der Waals surface area (Å²) in [5.74, 6) is 4.32. The third kappa shape index (κ3) is 4.74. The average molecular weight is 504 g/mol. The summed E-state index contributed by atoms with van der Waals surface area (Å²) < 4.78 is 5.55. The fraction of sp³-hybridized carbons (Fsp3) is 0.968. The highest BCUT2D eigenvalue weighted by molar-refractivity contribution is 5.66. The highest BCUT2D eigenvalue weighted by Gasteiger charge is 2.64. The lowest BCUT2D eigenvalue weighted by atomic mass is 9.41. The van der Waals surface area contributed by atoms with Gasteiger partial charge in [-0.2, -0.15) is 0 Å². The Morgan fingerprint density at radius 3 is 2.44 bits per heavy atom. The number of fused-ring (bicyclic) bond motifs is 5. The fourth-order valence-electron chi connectivity index (χ4n) is 10.3. The molecule has 0 aliphatic heterocycles. The molecule has 5 heteroatoms. The van der Waals surface area contributed by atoms with Crippen molar-refractivity contribution in [2.24, 2.45) is 58.2 Å². The average Bonchev–Trinajstić information content (AvgIpc) is 3.59. The van der Waals surface area contributed by atoms with Gasteiger partial charge >= 0.3 is 6.09 Å². The van der Waals surface area contributed by atoms with E-state index in [2.05, 4.69) is 33.0 Å². The number of hydrogen-bond acceptors (Lipinski definition) is 4. The van der Waals surface area contributed by atoms with Crippen molar-refractivity contribution in [3.8, 4) is 0 Å². The number of carbonyl (C=O) groups is 1. The Morgan fingerprint density at radius 1 is 1.00 bits per heavy atom. The standard InChI is InChI=1S/C31H53NO4/c1-5-22-26-18-21(33)10-14-31(26,4)25-11-15-30(3)23(8-9-24(30)27(25)28(22)34)19(2)13-17-36-29(35)32-16-12-20-6-7-20/h19-28,33-34H,5-18H2,1-4H3,(H,32,35)/t19-,21-,22-,23-,24+,25+,26?,27?,28-,30?,31?/m1/s1. The molecule has 0 spiro atoms. The van der Waals surface area contributed by atoms with Crippen LogP contribution >= 0.6 is 0 Å². The third-order valence-electron chi connectivity index (χ3n) is 12.5. The maximum atomic E-state index is 12.1. The SMILES string of the molecule is CC[C@@H]1C2C[C@H](O)CCC2(C)[C@H]2CCC3(C)[C@@H]([C@H](C)CCOC(=O)NCCC4CC4)CC[C@H]3C2[C@@H]1O. The van der Waals surface area contributed by atoms with E-state index in [0.717, 1.165) is 51.0 Å². The maximum absolute atomic E-state index is 12.1. The van der Waals surface area contributed by atoms with Crippen LogP contribution in [0.25, 0.3) is 0 Å². The smallest absolute Gasteiger partial charge is 0.407 e. The Balaban J connectivity index is 1.22. The molecule has 11 atom stereocenters. The summed E-state index contributed by atoms with van der Waals surface area (Å²) in [5, 5.41) is 25.3. The first-order valence-corrected chi connectivity index (χ1v) is 15.5. The van der Waals surface area contributed by atoms with Crippen LogP contribution in [-0.2, 0) is 4.74 Å². The molecule has 4 unspecified atom stereocenters. The molecular formula is C31H53NO4. The zero-order valence-electron chi connectivity index (χ0n) is 23.4. The lowest BCUT2D eigenvalue weighted by Crippen LogP contribution is -2.62. The van der Waals surface area contributed by atoms with E-state index in [4.69, 9.17) is 4.74 Å². The highest BCUT2D eigenvalue weighted by atomic mass is 16.5. The van der Waals surface area contributed by atoms with E-state index < -0.39 is 0 Å². The van der Waals surface area contributed by atoms with E-state index in [1.54, 1.807) is 0 Å². The van der Waals surface area contributed by atoms with E-state index in [0.29, 0.717) is 48.0 Å². The minimum atomic E-state index is -0.254. The predicted octanol–water partition coefficient (Wildman–Crippen LogP) is 6.17. The second-order valence-corrected chi connectivity index (χ2v) is 14.2. The molecule has 5 fully saturated rings. The molecule has 0 aromatic heterocycles. The van der Waals surface area contributed by atoms with Crippen LogP contribution in [0.5, 0.6) is 0 Å². The van der Waals surface area contributed by atoms with Gasteiger partial charge in [0.15, 0.2) is 0 Å². The van der Waals surface area contributed by atoms with E-state index >= 15 is 0 Å². The molecule has 5 nitrogen and oxygen atoms in total. The monoisotopic (exact) mass is 503 g/mol. The topological polar surface area (TPSA) is 78.8 Å². The molecule has 0 aromatic carbocycles. The molecule has 3 N–H and O–H groups in total. The summed E-state index contributed by atoms with van der Waals surface area (Å²) >= 11 is 0. The summed E-state index contributed by atoms with van der Waals surface area (Å²) in [6.45, 7) is 10.9. The van der Waals surface area contributed by atoms with Crippen molar-refractivity contribution in [1.29, 1.82) is 0 Å². The molecule has 5 aliphatic rings. The molecule has 206 valence electrons. The number of alkyl carbamates (subject to hydrolysis) is 1. The van der Waals surface area contributed by atoms with Gasteiger partial charge in [0.25, 0.3) is 0 Å². The van der Waals surface area contributed by atoms with Crippen LogP contribution < -0.4 is 5.32 Å². The number of ether oxygens (including phenoxy) is 1. The Kier molecular flexibility index (Phi) is 7.73. The van der Waals surface area contributed by atoms with Gasteiger partial charge in [-0.15, -0.1) is 0 Å². The van der Waals surface area contributed by atoms with Gasteiger partial charge < -0.3 is 20.3 Å². The van der Waals surface area contributed by atoms with Gasteiger partial charge in [-0.05, 0) is 116 Å². The first kappa shape index (κ1) is 26.8. The number of aliphatic hydroxyl groups excluding tert-OH is 2. The largest absolute Gasteiger partial charge is 0.450 e. The molecule has 5 aliphatic carbocycles. The molecule has 0 bridgehead atoms. The molecule has 0 saturated heterocycles. The maximum Gasteiger partial charge on any atom is 0.407 e. The number of rotatable bonds is 8. The van der Waals surface area contributed by atoms with Crippen molar-refractivity contribution >= 4 is 6.09 Å². The summed E-state index contributed by atoms with van der Waals surface area (Å²) in [6.07, 6.45) is 12.8. The van der Waals surface area contributed by atoms with E-state index in [9.17, 15) is 15.0 Å². The Labute approximate surface area is 219 Å². The molecule has 0 heterocycles. The molecule has 0 radical (unpaired) electrons. The lowest BCUT2D eigenvalue weighted by Gasteiger charge is -2.64. The van der Waals surface area contributed by atoms with E-state index in [-0.39, 0.29) is 29.1 Å². The summed E-state index contributed by atoms with van der Waals surface area (Å²) in [4.78, 5) is 12.1. The van der Waals surface area contributed by atoms with Crippen LogP contribution in [0.3, 0.4) is 0 Å². The van der Waals surface area contributed by atoms with Crippen molar-refractivity contribution in [2.75, 3.05) is 13.2 Å². The summed E-state index contributed by atoms with van der Waals surface area (Å²) in [5.41, 5.74) is 0.527. The van der Waals surface area contributed by atoms with Gasteiger partial charge in [-0.25, -0.2) is 4.79 Å². The Morgan fingerprint density at radius 2 is 1.72 bits per heavy atom. The normalized spacial score (nSPS) is 46.8. The van der Waals surface area contributed by atoms with Gasteiger partial charge in [-0.3, -0.25) is 0 Å². The number of carbonyl (C=O) groups excluding carboxylic acids is 1.